The maximum Gasteiger partial charge on any atom is 2.00 e. The Kier molecular flexibility index (Phi) is 14.5. The molecule has 3 aliphatic rings. The van der Waals surface area contributed by atoms with E-state index in [0.29, 0.717) is 0 Å². The van der Waals surface area contributed by atoms with Crippen LogP contribution in [0.4, 0.5) is 0 Å². The van der Waals surface area contributed by atoms with Gasteiger partial charge >= 0.3 is 17.1 Å². The molecule has 0 bridgehead atoms. The van der Waals surface area contributed by atoms with Crippen molar-refractivity contribution in [2.45, 2.75) is 98.2 Å². The van der Waals surface area contributed by atoms with Crippen molar-refractivity contribution >= 4 is 10.4 Å². The normalized spacial score (nSPS) is 46.9. The van der Waals surface area contributed by atoms with Gasteiger partial charge in [-0.2, -0.15) is 0 Å². The van der Waals surface area contributed by atoms with Crippen molar-refractivity contribution in [1.82, 2.24) is 0 Å². The Morgan fingerprint density at radius 3 is 1.62 bits per heavy atom. The third-order valence-corrected chi connectivity index (χ3v) is 6.48. The summed E-state index contributed by atoms with van der Waals surface area (Å²) in [6.45, 7) is -0.763. The van der Waals surface area contributed by atoms with Gasteiger partial charge < -0.3 is 86.7 Å². The molecule has 2 saturated heterocycles. The van der Waals surface area contributed by atoms with Gasteiger partial charge in [0.15, 0.2) is 12.6 Å². The molecule has 15 atom stereocenters. The molecule has 0 amide bonds. The molecular weight excluding hydrogens is 608 g/mol. The number of nitrogens with two attached hydrogens (primary N) is 4. The molecule has 2 heterocycles. The zero-order valence-electron chi connectivity index (χ0n) is 20.2. The van der Waals surface area contributed by atoms with Gasteiger partial charge in [-0.25, -0.2) is 0 Å². The molecule has 21 heteroatoms. The standard InChI is InChI=1S/C18H36N4O11.Cu.H2O4S/c19-2-6-10(25)12(27)13(28)18(30-6)33-16-5(21)1-4(20)15(14(16)29)32-17-11(26)8(22)9(24)7(3-23)31-17;;1-5(2,3)4/h4-18,23-29H,1-3,19-22H2;;(H2,1,2,3,4)/q;+2;/p-2/t4-,5+,6-,7-,8+,9-,10-,11-,12+,13-,14-,15+,16-,17-,18-;;/m1../s1. The zero-order valence-corrected chi connectivity index (χ0v) is 22.0. The van der Waals surface area contributed by atoms with Crippen LogP contribution in [0.2, 0.25) is 0 Å². The minimum Gasteiger partial charge on any atom is -0.759 e. The number of ether oxygens (including phenoxy) is 4. The topological polar surface area (TPSA) is 363 Å². The average molecular weight is 644 g/mol. The summed E-state index contributed by atoms with van der Waals surface area (Å²) in [5, 5.41) is 70.9. The smallest absolute Gasteiger partial charge is 0.759 e. The van der Waals surface area contributed by atoms with Crippen molar-refractivity contribution in [1.29, 1.82) is 0 Å². The first kappa shape index (κ1) is 36.8. The van der Waals surface area contributed by atoms with Crippen LogP contribution in [0.3, 0.4) is 0 Å². The molecule has 0 aromatic rings. The van der Waals surface area contributed by atoms with E-state index in [9.17, 15) is 35.7 Å². The van der Waals surface area contributed by atoms with Gasteiger partial charge in [0.25, 0.3) is 0 Å². The number of rotatable bonds is 6. The van der Waals surface area contributed by atoms with Gasteiger partial charge in [-0.05, 0) is 6.42 Å². The summed E-state index contributed by atoms with van der Waals surface area (Å²) in [4.78, 5) is 0. The van der Waals surface area contributed by atoms with Crippen molar-refractivity contribution in [2.75, 3.05) is 13.2 Å². The predicted octanol–water partition coefficient (Wildman–Crippen LogP) is -8.63. The number of aliphatic hydroxyl groups is 7. The molecule has 3 rings (SSSR count). The fraction of sp³-hybridized carbons (Fsp3) is 1.00. The van der Waals surface area contributed by atoms with Crippen LogP contribution < -0.4 is 22.9 Å². The van der Waals surface area contributed by atoms with Gasteiger partial charge in [0.1, 0.15) is 61.0 Å². The van der Waals surface area contributed by atoms with E-state index in [-0.39, 0.29) is 30.0 Å². The van der Waals surface area contributed by atoms with E-state index in [4.69, 9.17) is 59.4 Å². The fourth-order valence-electron chi connectivity index (χ4n) is 4.40. The quantitative estimate of drug-likeness (QED) is 0.0726. The zero-order chi connectivity index (χ0) is 29.1. The van der Waals surface area contributed by atoms with Crippen LogP contribution in [-0.2, 0) is 46.4 Å². The van der Waals surface area contributed by atoms with Crippen LogP contribution in [0.1, 0.15) is 6.42 Å². The molecule has 1 radical (unpaired) electrons. The van der Waals surface area contributed by atoms with E-state index in [1.165, 1.54) is 0 Å². The van der Waals surface area contributed by atoms with Gasteiger partial charge in [-0.1, -0.05) is 0 Å². The molecular formula is C18H36CuN4O15S. The monoisotopic (exact) mass is 643 g/mol. The molecule has 39 heavy (non-hydrogen) atoms. The van der Waals surface area contributed by atoms with Crippen molar-refractivity contribution in [3.05, 3.63) is 0 Å². The molecule has 3 fully saturated rings. The van der Waals surface area contributed by atoms with Gasteiger partial charge in [-0.15, -0.1) is 0 Å². The summed E-state index contributed by atoms with van der Waals surface area (Å²) < 4.78 is 56.3. The second-order valence-electron chi connectivity index (χ2n) is 9.20. The summed E-state index contributed by atoms with van der Waals surface area (Å²) in [5.74, 6) is 0. The summed E-state index contributed by atoms with van der Waals surface area (Å²) in [6, 6.07) is -2.86. The molecule has 15 N–H and O–H groups in total. The number of aliphatic hydroxyl groups excluding tert-OH is 7. The molecule has 19 nitrogen and oxygen atoms in total. The van der Waals surface area contributed by atoms with E-state index in [2.05, 4.69) is 0 Å². The van der Waals surface area contributed by atoms with Gasteiger partial charge in [0.2, 0.25) is 0 Å². The number of hydrogen-bond donors (Lipinski definition) is 11. The van der Waals surface area contributed by atoms with Crippen molar-refractivity contribution < 1.29 is 89.3 Å². The second-order valence-corrected chi connectivity index (χ2v) is 10.0. The van der Waals surface area contributed by atoms with E-state index >= 15 is 0 Å². The molecule has 1 aliphatic carbocycles. The van der Waals surface area contributed by atoms with Crippen LogP contribution in [-0.4, -0.2) is 158 Å². The van der Waals surface area contributed by atoms with Crippen molar-refractivity contribution in [3.63, 3.8) is 0 Å². The Morgan fingerprint density at radius 1 is 0.744 bits per heavy atom. The Balaban J connectivity index is 0.00000116. The molecule has 235 valence electrons. The average Bonchev–Trinajstić information content (AvgIpc) is 2.83. The summed E-state index contributed by atoms with van der Waals surface area (Å²) in [5.41, 5.74) is 23.5. The van der Waals surface area contributed by atoms with Crippen molar-refractivity contribution in [3.8, 4) is 0 Å². The maximum atomic E-state index is 10.9. The molecule has 0 aromatic heterocycles. The summed E-state index contributed by atoms with van der Waals surface area (Å²) in [7, 11) is -5.17. The van der Waals surface area contributed by atoms with Crippen LogP contribution >= 0.6 is 0 Å². The Bertz CT molecular complexity index is 789. The van der Waals surface area contributed by atoms with Gasteiger partial charge in [-0.3, -0.25) is 8.42 Å². The molecule has 0 unspecified atom stereocenters. The first-order valence-corrected chi connectivity index (χ1v) is 12.8. The Hall–Kier alpha value is -0.211. The minimum atomic E-state index is -5.17. The van der Waals surface area contributed by atoms with Crippen LogP contribution in [0.25, 0.3) is 0 Å². The molecule has 0 aromatic carbocycles. The third-order valence-electron chi connectivity index (χ3n) is 6.48. The van der Waals surface area contributed by atoms with Gasteiger partial charge in [0, 0.05) is 29.0 Å². The molecule has 2 aliphatic heterocycles. The summed E-state index contributed by atoms with van der Waals surface area (Å²) >= 11 is 0. The van der Waals surface area contributed by atoms with Crippen LogP contribution in [0.5, 0.6) is 0 Å². The Labute approximate surface area is 234 Å². The second kappa shape index (κ2) is 15.3. The largest absolute Gasteiger partial charge is 2.00 e. The SMILES string of the molecule is NC[C@H]1O[C@H](O[C@H]2[C@H](O)[C@@H](O[C@H]3O[C@H](CO)[C@@H](O)[C@H](N)[C@H]3O)[C@H](N)C[C@@H]2N)[C@H](O)[C@@H](O)[C@@H]1O.O=S(=O)([O-])[O-].[Cu+2]. The van der Waals surface area contributed by atoms with E-state index < -0.39 is 109 Å². The van der Waals surface area contributed by atoms with Crippen molar-refractivity contribution in [2.24, 2.45) is 22.9 Å². The minimum absolute atomic E-state index is 0. The number of hydrogen-bond acceptors (Lipinski definition) is 19. The first-order chi connectivity index (χ1) is 17.5. The third kappa shape index (κ3) is 9.39. The first-order valence-electron chi connectivity index (χ1n) is 11.5. The Morgan fingerprint density at radius 2 is 1.18 bits per heavy atom. The van der Waals surface area contributed by atoms with Gasteiger partial charge in [0.05, 0.1) is 12.6 Å². The van der Waals surface area contributed by atoms with E-state index in [0.717, 1.165) is 0 Å². The van der Waals surface area contributed by atoms with E-state index in [1.54, 1.807) is 0 Å². The summed E-state index contributed by atoms with van der Waals surface area (Å²) in [6.07, 6.45) is -16.5. The fourth-order valence-corrected chi connectivity index (χ4v) is 4.40. The molecule has 1 saturated carbocycles. The molecule has 0 spiro atoms. The van der Waals surface area contributed by atoms with Crippen LogP contribution in [0, 0.1) is 0 Å². The van der Waals surface area contributed by atoms with E-state index in [1.807, 2.05) is 0 Å². The maximum absolute atomic E-state index is 10.9. The predicted molar refractivity (Wildman–Crippen MR) is 118 cm³/mol. The van der Waals surface area contributed by atoms with Crippen LogP contribution in [0.15, 0.2) is 0 Å².